The number of rotatable bonds is 9. The molecule has 1 aromatic rings. The Balaban J connectivity index is 0.00000363. The number of benzene rings is 1. The van der Waals surface area contributed by atoms with Crippen molar-refractivity contribution in [2.75, 3.05) is 84.6 Å². The standard InChI is InChI=1S/C23H39FN6O.HI/c1-25-23(27-20-8-12-29(13-9-20)18-19-31-2)26-10-5-11-28-14-16-30(17-15-28)22-7-4-3-6-21(22)24;/h3-4,6-7,20H,5,8-19H2,1-2H3,(H2,25,26,27);1H. The van der Waals surface area contributed by atoms with Gasteiger partial charge in [-0.05, 0) is 37.9 Å². The number of hydrogen-bond donors (Lipinski definition) is 2. The van der Waals surface area contributed by atoms with Gasteiger partial charge in [-0.25, -0.2) is 4.39 Å². The number of hydrogen-bond acceptors (Lipinski definition) is 5. The SMILES string of the molecule is CN=C(NCCCN1CCN(c2ccccc2F)CC1)NC1CCN(CCOC)CC1.I. The summed E-state index contributed by atoms with van der Waals surface area (Å²) >= 11 is 0. The third-order valence-corrected chi connectivity index (χ3v) is 6.27. The summed E-state index contributed by atoms with van der Waals surface area (Å²) in [6.45, 7) is 9.69. The van der Waals surface area contributed by atoms with E-state index < -0.39 is 0 Å². The Morgan fingerprint density at radius 3 is 2.41 bits per heavy atom. The molecule has 9 heteroatoms. The second kappa shape index (κ2) is 14.9. The molecule has 0 aliphatic carbocycles. The second-order valence-electron chi connectivity index (χ2n) is 8.39. The number of ether oxygens (including phenoxy) is 1. The van der Waals surface area contributed by atoms with Crippen LogP contribution in [-0.2, 0) is 4.74 Å². The Labute approximate surface area is 209 Å². The molecule has 0 spiro atoms. The summed E-state index contributed by atoms with van der Waals surface area (Å²) in [5.74, 6) is 0.777. The van der Waals surface area contributed by atoms with E-state index in [0.717, 1.165) is 96.4 Å². The minimum absolute atomic E-state index is 0. The molecule has 0 aromatic heterocycles. The average molecular weight is 563 g/mol. The molecule has 2 heterocycles. The Morgan fingerprint density at radius 2 is 1.75 bits per heavy atom. The first-order chi connectivity index (χ1) is 15.2. The second-order valence-corrected chi connectivity index (χ2v) is 8.39. The Morgan fingerprint density at radius 1 is 1.06 bits per heavy atom. The largest absolute Gasteiger partial charge is 0.383 e. The summed E-state index contributed by atoms with van der Waals surface area (Å²) in [7, 11) is 3.60. The molecule has 2 saturated heterocycles. The van der Waals surface area contributed by atoms with Crippen molar-refractivity contribution in [1.29, 1.82) is 0 Å². The van der Waals surface area contributed by atoms with Crippen LogP contribution in [0.5, 0.6) is 0 Å². The van der Waals surface area contributed by atoms with E-state index in [1.54, 1.807) is 19.2 Å². The zero-order valence-corrected chi connectivity index (χ0v) is 21.9. The Kier molecular flexibility index (Phi) is 12.6. The van der Waals surface area contributed by atoms with Crippen molar-refractivity contribution in [2.45, 2.75) is 25.3 Å². The van der Waals surface area contributed by atoms with Crippen molar-refractivity contribution in [1.82, 2.24) is 20.4 Å². The predicted molar refractivity (Wildman–Crippen MR) is 141 cm³/mol. The van der Waals surface area contributed by atoms with Crippen molar-refractivity contribution in [3.63, 3.8) is 0 Å². The molecule has 0 saturated carbocycles. The van der Waals surface area contributed by atoms with Gasteiger partial charge in [0.1, 0.15) is 5.82 Å². The summed E-state index contributed by atoms with van der Waals surface area (Å²) in [5, 5.41) is 7.04. The van der Waals surface area contributed by atoms with Crippen LogP contribution in [0.25, 0.3) is 0 Å². The van der Waals surface area contributed by atoms with E-state index in [1.807, 2.05) is 19.2 Å². The van der Waals surface area contributed by atoms with Gasteiger partial charge in [-0.15, -0.1) is 24.0 Å². The van der Waals surface area contributed by atoms with Gasteiger partial charge in [0, 0.05) is 72.6 Å². The number of anilines is 1. The molecule has 0 unspecified atom stereocenters. The number of aliphatic imine (C=N–C) groups is 1. The number of nitrogens with one attached hydrogen (secondary N) is 2. The third-order valence-electron chi connectivity index (χ3n) is 6.27. The van der Waals surface area contributed by atoms with Crippen LogP contribution in [0.15, 0.2) is 29.3 Å². The van der Waals surface area contributed by atoms with Crippen molar-refractivity contribution in [3.8, 4) is 0 Å². The van der Waals surface area contributed by atoms with E-state index >= 15 is 0 Å². The monoisotopic (exact) mass is 562 g/mol. The summed E-state index contributed by atoms with van der Waals surface area (Å²) in [4.78, 5) is 11.5. The van der Waals surface area contributed by atoms with E-state index in [1.165, 1.54) is 0 Å². The zero-order valence-electron chi connectivity index (χ0n) is 19.6. The third kappa shape index (κ3) is 8.64. The molecule has 0 bridgehead atoms. The number of piperidine rings is 1. The topological polar surface area (TPSA) is 55.4 Å². The summed E-state index contributed by atoms with van der Waals surface area (Å²) in [6.07, 6.45) is 3.34. The quantitative estimate of drug-likeness (QED) is 0.209. The number of halogens is 2. The number of nitrogens with zero attached hydrogens (tertiary/aromatic N) is 4. The molecule has 2 fully saturated rings. The molecule has 32 heavy (non-hydrogen) atoms. The first-order valence-electron chi connectivity index (χ1n) is 11.6. The maximum absolute atomic E-state index is 14.0. The van der Waals surface area contributed by atoms with Gasteiger partial charge in [-0.3, -0.25) is 9.89 Å². The van der Waals surface area contributed by atoms with Gasteiger partial charge in [0.25, 0.3) is 0 Å². The molecule has 0 radical (unpaired) electrons. The predicted octanol–water partition coefficient (Wildman–Crippen LogP) is 2.23. The van der Waals surface area contributed by atoms with Crippen molar-refractivity contribution in [2.24, 2.45) is 4.99 Å². The summed E-state index contributed by atoms with van der Waals surface area (Å²) < 4.78 is 19.2. The van der Waals surface area contributed by atoms with Crippen LogP contribution in [0.4, 0.5) is 10.1 Å². The average Bonchev–Trinajstić information content (AvgIpc) is 2.81. The fourth-order valence-electron chi connectivity index (χ4n) is 4.34. The molecule has 1 aromatic carbocycles. The maximum atomic E-state index is 14.0. The lowest BCUT2D eigenvalue weighted by atomic mass is 10.1. The fourth-order valence-corrected chi connectivity index (χ4v) is 4.34. The van der Waals surface area contributed by atoms with Crippen molar-refractivity contribution in [3.05, 3.63) is 30.1 Å². The molecule has 2 aliphatic heterocycles. The molecule has 0 atom stereocenters. The molecule has 7 nitrogen and oxygen atoms in total. The van der Waals surface area contributed by atoms with Crippen molar-refractivity contribution < 1.29 is 9.13 Å². The van der Waals surface area contributed by atoms with E-state index in [9.17, 15) is 4.39 Å². The highest BCUT2D eigenvalue weighted by Crippen LogP contribution is 2.20. The molecule has 0 amide bonds. The van der Waals surface area contributed by atoms with E-state index in [4.69, 9.17) is 4.74 Å². The van der Waals surface area contributed by atoms with Gasteiger partial charge in [-0.1, -0.05) is 12.1 Å². The van der Waals surface area contributed by atoms with Gasteiger partial charge in [0.05, 0.1) is 12.3 Å². The molecular formula is C23H40FIN6O. The number of methoxy groups -OCH3 is 1. The zero-order chi connectivity index (χ0) is 21.9. The molecule has 3 rings (SSSR count). The van der Waals surface area contributed by atoms with Crippen LogP contribution in [0.3, 0.4) is 0 Å². The maximum Gasteiger partial charge on any atom is 0.191 e. The van der Waals surface area contributed by atoms with Crippen molar-refractivity contribution >= 4 is 35.6 Å². The highest BCUT2D eigenvalue weighted by atomic mass is 127. The van der Waals surface area contributed by atoms with Crippen LogP contribution in [0, 0.1) is 5.82 Å². The van der Waals surface area contributed by atoms with E-state index in [0.29, 0.717) is 6.04 Å². The lowest BCUT2D eigenvalue weighted by molar-refractivity contribution is 0.128. The highest BCUT2D eigenvalue weighted by molar-refractivity contribution is 14.0. The van der Waals surface area contributed by atoms with Gasteiger partial charge in [0.15, 0.2) is 5.96 Å². The normalized spacial score (nSPS) is 19.0. The summed E-state index contributed by atoms with van der Waals surface area (Å²) in [5.41, 5.74) is 0.725. The van der Waals surface area contributed by atoms with Gasteiger partial charge < -0.3 is 25.2 Å². The van der Waals surface area contributed by atoms with Crippen LogP contribution in [-0.4, -0.2) is 101 Å². The van der Waals surface area contributed by atoms with E-state index in [2.05, 4.69) is 30.3 Å². The number of para-hydroxylation sites is 1. The van der Waals surface area contributed by atoms with Gasteiger partial charge in [-0.2, -0.15) is 0 Å². The number of guanidine groups is 1. The molecule has 2 aliphatic rings. The number of likely N-dealkylation sites (tertiary alicyclic amines) is 1. The minimum Gasteiger partial charge on any atom is -0.383 e. The van der Waals surface area contributed by atoms with E-state index in [-0.39, 0.29) is 29.8 Å². The van der Waals surface area contributed by atoms with Crippen LogP contribution in [0.1, 0.15) is 19.3 Å². The summed E-state index contributed by atoms with van der Waals surface area (Å²) in [6, 6.07) is 7.55. The lowest BCUT2D eigenvalue weighted by Gasteiger charge is -2.36. The first kappa shape index (κ1) is 27.1. The van der Waals surface area contributed by atoms with Crippen LogP contribution < -0.4 is 15.5 Å². The van der Waals surface area contributed by atoms with Crippen LogP contribution in [0.2, 0.25) is 0 Å². The van der Waals surface area contributed by atoms with Gasteiger partial charge in [0.2, 0.25) is 0 Å². The van der Waals surface area contributed by atoms with Gasteiger partial charge >= 0.3 is 0 Å². The molecule has 182 valence electrons. The Bertz CT molecular complexity index is 678. The molecule has 2 N–H and O–H groups in total. The number of piperazine rings is 1. The Hall–Kier alpha value is -1.17. The minimum atomic E-state index is -0.125. The lowest BCUT2D eigenvalue weighted by Crippen LogP contribution is -2.50. The van der Waals surface area contributed by atoms with Crippen LogP contribution >= 0.6 is 24.0 Å². The highest BCUT2D eigenvalue weighted by Gasteiger charge is 2.20. The fraction of sp³-hybridized carbons (Fsp3) is 0.696. The first-order valence-corrected chi connectivity index (χ1v) is 11.6. The molecular weight excluding hydrogens is 522 g/mol. The smallest absolute Gasteiger partial charge is 0.191 e.